The summed E-state index contributed by atoms with van der Waals surface area (Å²) in [6.07, 6.45) is 3.71. The molecule has 1 heterocycles. The van der Waals surface area contributed by atoms with Crippen LogP contribution in [0.3, 0.4) is 0 Å². The third kappa shape index (κ3) is 6.40. The first-order valence-electron chi connectivity index (χ1n) is 11.1. The molecule has 172 valence electrons. The third-order valence-corrected chi connectivity index (χ3v) is 7.45. The zero-order valence-electron chi connectivity index (χ0n) is 18.5. The van der Waals surface area contributed by atoms with Crippen molar-refractivity contribution in [3.05, 3.63) is 65.2 Å². The molecule has 0 radical (unpaired) electrons. The molecular formula is C24H31N3O4S. The summed E-state index contributed by atoms with van der Waals surface area (Å²) in [7, 11) is -3.44. The van der Waals surface area contributed by atoms with Gasteiger partial charge < -0.3 is 10.6 Å². The van der Waals surface area contributed by atoms with E-state index < -0.39 is 10.0 Å². The summed E-state index contributed by atoms with van der Waals surface area (Å²) in [6, 6.07) is 14.0. The lowest BCUT2D eigenvalue weighted by Crippen LogP contribution is -2.35. The van der Waals surface area contributed by atoms with Crippen LogP contribution in [0.1, 0.15) is 54.1 Å². The Kier molecular flexibility index (Phi) is 8.41. The Morgan fingerprint density at radius 2 is 1.66 bits per heavy atom. The number of nitrogens with zero attached hydrogens (tertiary/aromatic N) is 1. The highest BCUT2D eigenvalue weighted by Gasteiger charge is 2.25. The minimum atomic E-state index is -3.44. The van der Waals surface area contributed by atoms with E-state index in [-0.39, 0.29) is 11.8 Å². The van der Waals surface area contributed by atoms with Crippen LogP contribution in [0.25, 0.3) is 0 Å². The molecule has 8 heteroatoms. The number of hydrogen-bond acceptors (Lipinski definition) is 4. The van der Waals surface area contributed by atoms with E-state index in [0.717, 1.165) is 30.4 Å². The van der Waals surface area contributed by atoms with Crippen LogP contribution in [0, 0.1) is 0 Å². The number of rotatable bonds is 9. The van der Waals surface area contributed by atoms with Gasteiger partial charge in [0.25, 0.3) is 5.91 Å². The minimum absolute atomic E-state index is 0.0987. The van der Waals surface area contributed by atoms with Crippen LogP contribution < -0.4 is 10.6 Å². The van der Waals surface area contributed by atoms with Crippen molar-refractivity contribution < 1.29 is 18.0 Å². The molecule has 0 aromatic heterocycles. The van der Waals surface area contributed by atoms with Gasteiger partial charge in [-0.05, 0) is 61.6 Å². The molecule has 1 saturated heterocycles. The summed E-state index contributed by atoms with van der Waals surface area (Å²) in [6.45, 7) is 3.93. The smallest absolute Gasteiger partial charge is 0.251 e. The summed E-state index contributed by atoms with van der Waals surface area (Å²) < 4.78 is 27.0. The average Bonchev–Trinajstić information content (AvgIpc) is 2.82. The average molecular weight is 458 g/mol. The van der Waals surface area contributed by atoms with Crippen LogP contribution >= 0.6 is 0 Å². The van der Waals surface area contributed by atoms with Crippen LogP contribution in [0.5, 0.6) is 0 Å². The Morgan fingerprint density at radius 1 is 0.938 bits per heavy atom. The van der Waals surface area contributed by atoms with Crippen molar-refractivity contribution in [2.24, 2.45) is 0 Å². The fraction of sp³-hybridized carbons (Fsp3) is 0.417. The molecule has 0 bridgehead atoms. The summed E-state index contributed by atoms with van der Waals surface area (Å²) in [5.74, 6) is -0.232. The van der Waals surface area contributed by atoms with Crippen LogP contribution in [-0.2, 0) is 27.8 Å². The number of carbonyl (C=O) groups is 2. The second-order valence-corrected chi connectivity index (χ2v) is 9.88. The fourth-order valence-electron chi connectivity index (χ4n) is 3.71. The number of carbonyl (C=O) groups excluding carboxylic acids is 2. The molecule has 2 amide bonds. The van der Waals surface area contributed by atoms with E-state index >= 15 is 0 Å². The van der Waals surface area contributed by atoms with Gasteiger partial charge in [0.2, 0.25) is 15.9 Å². The highest BCUT2D eigenvalue weighted by Crippen LogP contribution is 2.21. The lowest BCUT2D eigenvalue weighted by molar-refractivity contribution is -0.121. The van der Waals surface area contributed by atoms with E-state index in [1.807, 2.05) is 13.0 Å². The van der Waals surface area contributed by atoms with Gasteiger partial charge in [0.15, 0.2) is 0 Å². The van der Waals surface area contributed by atoms with Gasteiger partial charge in [0, 0.05) is 38.2 Å². The van der Waals surface area contributed by atoms with Gasteiger partial charge in [-0.1, -0.05) is 30.7 Å². The second-order valence-electron chi connectivity index (χ2n) is 7.95. The number of benzene rings is 2. The van der Waals surface area contributed by atoms with E-state index in [1.54, 1.807) is 46.8 Å². The van der Waals surface area contributed by atoms with Crippen LogP contribution in [0.4, 0.5) is 0 Å². The third-order valence-electron chi connectivity index (χ3n) is 5.53. The van der Waals surface area contributed by atoms with Gasteiger partial charge in [-0.2, -0.15) is 4.31 Å². The second kappa shape index (κ2) is 11.2. The lowest BCUT2D eigenvalue weighted by atomic mass is 10.1. The van der Waals surface area contributed by atoms with Gasteiger partial charge in [-0.25, -0.2) is 8.42 Å². The molecule has 2 aromatic rings. The van der Waals surface area contributed by atoms with Gasteiger partial charge >= 0.3 is 0 Å². The molecule has 0 saturated carbocycles. The number of hydrogen-bond donors (Lipinski definition) is 2. The summed E-state index contributed by atoms with van der Waals surface area (Å²) in [5.41, 5.74) is 2.34. The van der Waals surface area contributed by atoms with Gasteiger partial charge in [0.1, 0.15) is 0 Å². The number of amides is 2. The van der Waals surface area contributed by atoms with Gasteiger partial charge in [-0.15, -0.1) is 0 Å². The largest absolute Gasteiger partial charge is 0.352 e. The summed E-state index contributed by atoms with van der Waals surface area (Å²) in [5, 5.41) is 5.63. The van der Waals surface area contributed by atoms with Gasteiger partial charge in [-0.3, -0.25) is 9.59 Å². The normalized spacial score (nSPS) is 14.7. The molecule has 0 aliphatic carbocycles. The molecule has 1 aliphatic rings. The molecular weight excluding hydrogens is 426 g/mol. The van der Waals surface area contributed by atoms with Crippen molar-refractivity contribution in [2.75, 3.05) is 19.6 Å². The standard InChI is InChI=1S/C24H31N3O4S/c1-2-25-24(29)21-8-6-7-20(17-21)18-26-23(28)14-11-19-9-12-22(13-10-19)32(30,31)27-15-4-3-5-16-27/h6-10,12-13,17H,2-5,11,14-16,18H2,1H3,(H,25,29)(H,26,28). The SMILES string of the molecule is CCNC(=O)c1cccc(CNC(=O)CCc2ccc(S(=O)(=O)N3CCCCC3)cc2)c1. The fourth-order valence-corrected chi connectivity index (χ4v) is 5.23. The molecule has 32 heavy (non-hydrogen) atoms. The summed E-state index contributed by atoms with van der Waals surface area (Å²) >= 11 is 0. The summed E-state index contributed by atoms with van der Waals surface area (Å²) in [4.78, 5) is 24.5. The number of piperidine rings is 1. The van der Waals surface area contributed by atoms with E-state index in [4.69, 9.17) is 0 Å². The molecule has 2 N–H and O–H groups in total. The first kappa shape index (κ1) is 23.9. The first-order chi connectivity index (χ1) is 15.4. The molecule has 1 aliphatic heterocycles. The van der Waals surface area contributed by atoms with Crippen molar-refractivity contribution in [2.45, 2.75) is 50.5 Å². The highest BCUT2D eigenvalue weighted by molar-refractivity contribution is 7.89. The monoisotopic (exact) mass is 457 g/mol. The Balaban J connectivity index is 1.49. The Labute approximate surface area is 190 Å². The van der Waals surface area contributed by atoms with Crippen molar-refractivity contribution in [3.8, 4) is 0 Å². The number of aryl methyl sites for hydroxylation is 1. The Hall–Kier alpha value is -2.71. The van der Waals surface area contributed by atoms with E-state index in [0.29, 0.717) is 49.5 Å². The van der Waals surface area contributed by atoms with Crippen LogP contribution in [-0.4, -0.2) is 44.2 Å². The molecule has 1 fully saturated rings. The maximum absolute atomic E-state index is 12.7. The predicted molar refractivity (Wildman–Crippen MR) is 124 cm³/mol. The van der Waals surface area contributed by atoms with Crippen molar-refractivity contribution in [1.29, 1.82) is 0 Å². The topological polar surface area (TPSA) is 95.6 Å². The van der Waals surface area contributed by atoms with Crippen LogP contribution in [0.2, 0.25) is 0 Å². The lowest BCUT2D eigenvalue weighted by Gasteiger charge is -2.25. The predicted octanol–water partition coefficient (Wildman–Crippen LogP) is 2.86. The minimum Gasteiger partial charge on any atom is -0.352 e. The molecule has 7 nitrogen and oxygen atoms in total. The first-order valence-corrected chi connectivity index (χ1v) is 12.6. The highest BCUT2D eigenvalue weighted by atomic mass is 32.2. The quantitative estimate of drug-likeness (QED) is 0.605. The van der Waals surface area contributed by atoms with E-state index in [1.165, 1.54) is 0 Å². The van der Waals surface area contributed by atoms with Gasteiger partial charge in [0.05, 0.1) is 4.90 Å². The van der Waals surface area contributed by atoms with Crippen molar-refractivity contribution in [3.63, 3.8) is 0 Å². The number of sulfonamides is 1. The molecule has 0 unspecified atom stereocenters. The Bertz CT molecular complexity index is 1030. The maximum atomic E-state index is 12.7. The van der Waals surface area contributed by atoms with Crippen molar-refractivity contribution >= 4 is 21.8 Å². The molecule has 3 rings (SSSR count). The van der Waals surface area contributed by atoms with E-state index in [2.05, 4.69) is 10.6 Å². The zero-order chi connectivity index (χ0) is 23.0. The molecule has 0 spiro atoms. The zero-order valence-corrected chi connectivity index (χ0v) is 19.3. The molecule has 0 atom stereocenters. The van der Waals surface area contributed by atoms with E-state index in [9.17, 15) is 18.0 Å². The Morgan fingerprint density at radius 3 is 2.34 bits per heavy atom. The van der Waals surface area contributed by atoms with Crippen molar-refractivity contribution in [1.82, 2.24) is 14.9 Å². The van der Waals surface area contributed by atoms with Crippen LogP contribution in [0.15, 0.2) is 53.4 Å². The maximum Gasteiger partial charge on any atom is 0.251 e. The molecule has 2 aromatic carbocycles. The number of nitrogens with one attached hydrogen (secondary N) is 2.